The fraction of sp³-hybridized carbons (Fsp3) is 0.875. The van der Waals surface area contributed by atoms with Crippen molar-refractivity contribution >= 4 is 41.3 Å². The molecule has 1 N–H and O–H groups in total. The Balaban J connectivity index is 4.90. The summed E-state index contributed by atoms with van der Waals surface area (Å²) in [4.78, 5) is 17.2. The molecule has 2 unspecified atom stereocenters. The molecule has 0 aliphatic carbocycles. The third kappa shape index (κ3) is 14.7. The Labute approximate surface area is 204 Å². The van der Waals surface area contributed by atoms with Crippen LogP contribution in [0.4, 0.5) is 0 Å². The fourth-order valence-corrected chi connectivity index (χ4v) is 7.32. The highest BCUT2D eigenvalue weighted by molar-refractivity contribution is 8.01. The van der Waals surface area contributed by atoms with Crippen LogP contribution in [0.15, 0.2) is 12.3 Å². The lowest BCUT2D eigenvalue weighted by Crippen LogP contribution is -2.35. The maximum atomic E-state index is 12.9. The first-order valence-corrected chi connectivity index (χ1v) is 15.2. The Hall–Kier alpha value is 0.0200. The van der Waals surface area contributed by atoms with Gasteiger partial charge >= 0.3 is 5.97 Å². The number of carbonyl (C=O) groups is 1. The van der Waals surface area contributed by atoms with Gasteiger partial charge in [0, 0.05) is 11.7 Å². The first-order valence-electron chi connectivity index (χ1n) is 11.7. The van der Waals surface area contributed by atoms with E-state index in [1.165, 1.54) is 48.7 Å². The van der Waals surface area contributed by atoms with Gasteiger partial charge in [-0.3, -0.25) is 4.79 Å². The standard InChI is InChI=1S/C24H46O4S3/c1-7-10-13-29-16-22(17-30-14-11-8-2)18-31-19-24(6,23(25)27-12-9-3)15-20(4)21(5)28-26/h20,22,26H,5,7-19H2,1-4,6H3. The van der Waals surface area contributed by atoms with Gasteiger partial charge < -0.3 is 9.62 Å². The average Bonchev–Trinajstić information content (AvgIpc) is 2.76. The highest BCUT2D eigenvalue weighted by Gasteiger charge is 2.37. The van der Waals surface area contributed by atoms with Crippen LogP contribution in [0.25, 0.3) is 0 Å². The van der Waals surface area contributed by atoms with Gasteiger partial charge in [-0.15, -0.1) is 0 Å². The number of allylic oxidation sites excluding steroid dienone is 1. The van der Waals surface area contributed by atoms with Crippen molar-refractivity contribution in [1.29, 1.82) is 0 Å². The molecule has 0 saturated carbocycles. The van der Waals surface area contributed by atoms with E-state index < -0.39 is 5.41 Å². The highest BCUT2D eigenvalue weighted by atomic mass is 32.2. The van der Waals surface area contributed by atoms with Gasteiger partial charge in [-0.25, -0.2) is 5.26 Å². The monoisotopic (exact) mass is 494 g/mol. The number of carbonyl (C=O) groups excluding carboxylic acids is 1. The number of hydrogen-bond donors (Lipinski definition) is 1. The van der Waals surface area contributed by atoms with Crippen LogP contribution >= 0.6 is 35.3 Å². The zero-order chi connectivity index (χ0) is 23.5. The molecule has 0 saturated heterocycles. The molecule has 0 heterocycles. The van der Waals surface area contributed by atoms with Crippen LogP contribution in [0.1, 0.15) is 73.1 Å². The molecule has 0 aliphatic rings. The third-order valence-electron chi connectivity index (χ3n) is 5.12. The molecule has 4 nitrogen and oxygen atoms in total. The van der Waals surface area contributed by atoms with E-state index in [1.54, 1.807) is 0 Å². The van der Waals surface area contributed by atoms with Crippen molar-refractivity contribution in [2.45, 2.75) is 73.1 Å². The second-order valence-corrected chi connectivity index (χ2v) is 11.9. The Morgan fingerprint density at radius 3 is 2.03 bits per heavy atom. The van der Waals surface area contributed by atoms with Gasteiger partial charge in [-0.05, 0) is 67.3 Å². The molecule has 0 aromatic rings. The van der Waals surface area contributed by atoms with Gasteiger partial charge in [0.2, 0.25) is 0 Å². The zero-order valence-corrected chi connectivity index (χ0v) is 22.9. The maximum absolute atomic E-state index is 12.9. The van der Waals surface area contributed by atoms with E-state index in [2.05, 4.69) is 48.8 Å². The molecule has 7 heteroatoms. The summed E-state index contributed by atoms with van der Waals surface area (Å²) >= 11 is 6.00. The van der Waals surface area contributed by atoms with Crippen LogP contribution in [-0.4, -0.2) is 52.4 Å². The molecule has 184 valence electrons. The summed E-state index contributed by atoms with van der Waals surface area (Å²) < 4.78 is 5.52. The van der Waals surface area contributed by atoms with Crippen LogP contribution in [0.2, 0.25) is 0 Å². The Kier molecular flexibility index (Phi) is 19.5. The van der Waals surface area contributed by atoms with Crippen LogP contribution in [0.5, 0.6) is 0 Å². The summed E-state index contributed by atoms with van der Waals surface area (Å²) in [5, 5.41) is 8.95. The van der Waals surface area contributed by atoms with Crippen LogP contribution < -0.4 is 0 Å². The van der Waals surface area contributed by atoms with Gasteiger partial charge in [0.15, 0.2) is 0 Å². The smallest absolute Gasteiger partial charge is 0.312 e. The van der Waals surface area contributed by atoms with Crippen LogP contribution in [-0.2, 0) is 14.4 Å². The van der Waals surface area contributed by atoms with E-state index in [4.69, 9.17) is 9.99 Å². The van der Waals surface area contributed by atoms with Gasteiger partial charge in [-0.1, -0.05) is 47.1 Å². The second kappa shape index (κ2) is 19.5. The van der Waals surface area contributed by atoms with Crippen molar-refractivity contribution in [2.24, 2.45) is 17.3 Å². The molecule has 0 aromatic heterocycles. The number of hydrogen-bond acceptors (Lipinski definition) is 7. The van der Waals surface area contributed by atoms with Crippen molar-refractivity contribution in [1.82, 2.24) is 0 Å². The summed E-state index contributed by atoms with van der Waals surface area (Å²) in [7, 11) is 0. The van der Waals surface area contributed by atoms with E-state index in [1.807, 2.05) is 32.5 Å². The lowest BCUT2D eigenvalue weighted by molar-refractivity contribution is -0.211. The van der Waals surface area contributed by atoms with Crippen molar-refractivity contribution in [3.63, 3.8) is 0 Å². The molecule has 0 bridgehead atoms. The van der Waals surface area contributed by atoms with Gasteiger partial charge in [-0.2, -0.15) is 35.3 Å². The molecule has 0 fully saturated rings. The molecule has 2 atom stereocenters. The predicted octanol–water partition coefficient (Wildman–Crippen LogP) is 7.39. The summed E-state index contributed by atoms with van der Waals surface area (Å²) in [6.07, 6.45) is 6.41. The minimum absolute atomic E-state index is 0.130. The van der Waals surface area contributed by atoms with Gasteiger partial charge in [0.05, 0.1) is 12.0 Å². The number of thioether (sulfide) groups is 3. The zero-order valence-electron chi connectivity index (χ0n) is 20.5. The van der Waals surface area contributed by atoms with Crippen LogP contribution in [0.3, 0.4) is 0 Å². The Bertz CT molecular complexity index is 464. The molecular formula is C24H46O4S3. The second-order valence-electron chi connectivity index (χ2n) is 8.60. The molecule has 0 rings (SSSR count). The first kappa shape index (κ1) is 31.0. The van der Waals surface area contributed by atoms with E-state index in [-0.39, 0.29) is 17.6 Å². The number of ether oxygens (including phenoxy) is 1. The molecule has 0 aliphatic heterocycles. The molecule has 0 aromatic carbocycles. The molecule has 31 heavy (non-hydrogen) atoms. The minimum atomic E-state index is -0.629. The fourth-order valence-electron chi connectivity index (χ4n) is 3.04. The normalized spacial score (nSPS) is 14.3. The number of unbranched alkanes of at least 4 members (excludes halogenated alkanes) is 2. The Morgan fingerprint density at radius 1 is 1.00 bits per heavy atom. The summed E-state index contributed by atoms with van der Waals surface area (Å²) in [5.74, 6) is 7.26. The van der Waals surface area contributed by atoms with Gasteiger partial charge in [0.1, 0.15) is 5.76 Å². The molecule has 0 amide bonds. The third-order valence-corrected chi connectivity index (χ3v) is 9.24. The number of esters is 1. The molecule has 0 spiro atoms. The summed E-state index contributed by atoms with van der Waals surface area (Å²) in [5.41, 5.74) is -0.629. The largest absolute Gasteiger partial charge is 0.465 e. The quantitative estimate of drug-likeness (QED) is 0.0587. The lowest BCUT2D eigenvalue weighted by atomic mass is 9.82. The van der Waals surface area contributed by atoms with Crippen LogP contribution in [0, 0.1) is 17.3 Å². The highest BCUT2D eigenvalue weighted by Crippen LogP contribution is 2.35. The minimum Gasteiger partial charge on any atom is -0.465 e. The first-order chi connectivity index (χ1) is 14.8. The average molecular weight is 495 g/mol. The van der Waals surface area contributed by atoms with Crippen molar-refractivity contribution in [2.75, 3.05) is 41.1 Å². The van der Waals surface area contributed by atoms with E-state index in [0.717, 1.165) is 12.2 Å². The molecular weight excluding hydrogens is 448 g/mol. The van der Waals surface area contributed by atoms with E-state index in [0.29, 0.717) is 24.7 Å². The molecule has 0 radical (unpaired) electrons. The van der Waals surface area contributed by atoms with E-state index in [9.17, 15) is 4.79 Å². The maximum Gasteiger partial charge on any atom is 0.312 e. The Morgan fingerprint density at radius 2 is 1.55 bits per heavy atom. The predicted molar refractivity (Wildman–Crippen MR) is 141 cm³/mol. The van der Waals surface area contributed by atoms with Gasteiger partial charge in [0.25, 0.3) is 0 Å². The van der Waals surface area contributed by atoms with Crippen molar-refractivity contribution < 1.29 is 19.7 Å². The topological polar surface area (TPSA) is 55.8 Å². The number of rotatable bonds is 21. The summed E-state index contributed by atoms with van der Waals surface area (Å²) in [6.45, 7) is 14.6. The van der Waals surface area contributed by atoms with E-state index >= 15 is 0 Å². The SMILES string of the molecule is C=C(OO)C(C)CC(C)(CSCC(CSCCCC)CSCCCC)C(=O)OCCC. The van der Waals surface area contributed by atoms with Crippen molar-refractivity contribution in [3.05, 3.63) is 12.3 Å². The van der Waals surface area contributed by atoms with Crippen molar-refractivity contribution in [3.8, 4) is 0 Å². The summed E-state index contributed by atoms with van der Waals surface area (Å²) in [6, 6.07) is 0. The lowest BCUT2D eigenvalue weighted by Gasteiger charge is -2.30.